The third-order valence-electron chi connectivity index (χ3n) is 4.17. The standard InChI is InChI=1S/C15H23NO3/c1-6-9(3)11-10(8-16)13(17)15(4,7-2)14(18)12(11)19-5/h8-9H,6-7,16H2,1-5H3/t9-,15+/m1/s1. The molecular formula is C15H23NO3. The van der Waals surface area contributed by atoms with E-state index < -0.39 is 5.41 Å². The fraction of sp³-hybridized carbons (Fsp3) is 0.600. The van der Waals surface area contributed by atoms with Crippen molar-refractivity contribution in [1.29, 1.82) is 0 Å². The second kappa shape index (κ2) is 5.59. The molecule has 0 saturated heterocycles. The predicted molar refractivity (Wildman–Crippen MR) is 74.2 cm³/mol. The highest BCUT2D eigenvalue weighted by atomic mass is 16.5. The highest BCUT2D eigenvalue weighted by Crippen LogP contribution is 2.41. The van der Waals surface area contributed by atoms with Crippen LogP contribution in [-0.2, 0) is 14.3 Å². The monoisotopic (exact) mass is 265 g/mol. The van der Waals surface area contributed by atoms with Crippen LogP contribution in [0, 0.1) is 11.3 Å². The van der Waals surface area contributed by atoms with Gasteiger partial charge in [0.2, 0.25) is 5.78 Å². The molecule has 0 fully saturated rings. The summed E-state index contributed by atoms with van der Waals surface area (Å²) in [7, 11) is 1.47. The molecule has 2 N–H and O–H groups in total. The normalized spacial score (nSPS) is 27.9. The molecule has 0 radical (unpaired) electrons. The van der Waals surface area contributed by atoms with Gasteiger partial charge in [-0.25, -0.2) is 0 Å². The molecule has 0 unspecified atom stereocenters. The molecule has 19 heavy (non-hydrogen) atoms. The topological polar surface area (TPSA) is 69.4 Å². The largest absolute Gasteiger partial charge is 0.493 e. The van der Waals surface area contributed by atoms with Crippen molar-refractivity contribution < 1.29 is 14.3 Å². The van der Waals surface area contributed by atoms with Gasteiger partial charge in [-0.15, -0.1) is 0 Å². The first kappa shape index (κ1) is 15.5. The number of hydrogen-bond acceptors (Lipinski definition) is 4. The first-order valence-corrected chi connectivity index (χ1v) is 6.68. The van der Waals surface area contributed by atoms with E-state index in [1.807, 2.05) is 20.8 Å². The van der Waals surface area contributed by atoms with Gasteiger partial charge in [0.25, 0.3) is 0 Å². The van der Waals surface area contributed by atoms with E-state index in [2.05, 4.69) is 0 Å². The highest BCUT2D eigenvalue weighted by Gasteiger charge is 2.49. The van der Waals surface area contributed by atoms with Gasteiger partial charge in [-0.1, -0.05) is 20.8 Å². The lowest BCUT2D eigenvalue weighted by molar-refractivity contribution is -0.138. The summed E-state index contributed by atoms with van der Waals surface area (Å²) in [4.78, 5) is 25.1. The van der Waals surface area contributed by atoms with Gasteiger partial charge >= 0.3 is 0 Å². The van der Waals surface area contributed by atoms with Gasteiger partial charge in [0.1, 0.15) is 0 Å². The number of ether oxygens (including phenoxy) is 1. The Labute approximate surface area is 114 Å². The summed E-state index contributed by atoms with van der Waals surface area (Å²) in [5.41, 5.74) is 5.64. The van der Waals surface area contributed by atoms with Gasteiger partial charge in [-0.05, 0) is 25.7 Å². The molecule has 0 aliphatic heterocycles. The third kappa shape index (κ3) is 2.20. The molecule has 106 valence electrons. The van der Waals surface area contributed by atoms with Crippen LogP contribution in [0.2, 0.25) is 0 Å². The van der Waals surface area contributed by atoms with Crippen LogP contribution in [0.5, 0.6) is 0 Å². The molecule has 1 aliphatic carbocycles. The molecule has 0 saturated carbocycles. The molecule has 4 nitrogen and oxygen atoms in total. The number of nitrogens with two attached hydrogens (primary N) is 1. The summed E-state index contributed by atoms with van der Waals surface area (Å²) in [6.45, 7) is 7.45. The van der Waals surface area contributed by atoms with Crippen LogP contribution < -0.4 is 5.73 Å². The molecule has 0 spiro atoms. The second-order valence-electron chi connectivity index (χ2n) is 5.18. The van der Waals surface area contributed by atoms with E-state index in [9.17, 15) is 9.59 Å². The number of ketones is 2. The summed E-state index contributed by atoms with van der Waals surface area (Å²) in [6, 6.07) is 0. The maximum Gasteiger partial charge on any atom is 0.211 e. The smallest absolute Gasteiger partial charge is 0.211 e. The molecular weight excluding hydrogens is 242 g/mol. The molecule has 0 aromatic carbocycles. The number of carbonyl (C=O) groups is 2. The highest BCUT2D eigenvalue weighted by molar-refractivity contribution is 6.24. The number of carbonyl (C=O) groups excluding carboxylic acids is 2. The van der Waals surface area contributed by atoms with Gasteiger partial charge < -0.3 is 10.5 Å². The third-order valence-corrected chi connectivity index (χ3v) is 4.17. The minimum absolute atomic E-state index is 0.0547. The molecule has 1 aliphatic rings. The first-order chi connectivity index (χ1) is 8.88. The number of rotatable bonds is 4. The number of hydrogen-bond donors (Lipinski definition) is 1. The van der Waals surface area contributed by atoms with Gasteiger partial charge in [0, 0.05) is 17.3 Å². The maximum absolute atomic E-state index is 12.6. The molecule has 0 bridgehead atoms. The van der Waals surface area contributed by atoms with Crippen molar-refractivity contribution in [2.45, 2.75) is 40.5 Å². The number of Topliss-reactive ketones (excluding diaryl/α,β-unsaturated/α-hetero) is 2. The van der Waals surface area contributed by atoms with Gasteiger partial charge in [0.05, 0.1) is 12.5 Å². The van der Waals surface area contributed by atoms with Gasteiger partial charge in [0.15, 0.2) is 11.5 Å². The minimum atomic E-state index is -1.06. The van der Waals surface area contributed by atoms with E-state index in [1.165, 1.54) is 13.3 Å². The van der Waals surface area contributed by atoms with Crippen molar-refractivity contribution in [1.82, 2.24) is 0 Å². The molecule has 0 heterocycles. The van der Waals surface area contributed by atoms with Crippen molar-refractivity contribution >= 4 is 11.6 Å². The van der Waals surface area contributed by atoms with Crippen molar-refractivity contribution in [2.24, 2.45) is 17.1 Å². The van der Waals surface area contributed by atoms with Crippen LogP contribution in [0.25, 0.3) is 0 Å². The van der Waals surface area contributed by atoms with Crippen molar-refractivity contribution in [3.63, 3.8) is 0 Å². The number of allylic oxidation sites excluding steroid dienone is 3. The van der Waals surface area contributed by atoms with E-state index in [1.54, 1.807) is 6.92 Å². The summed E-state index contributed by atoms with van der Waals surface area (Å²) < 4.78 is 5.30. The summed E-state index contributed by atoms with van der Waals surface area (Å²) in [6.07, 6.45) is 2.55. The van der Waals surface area contributed by atoms with Crippen LogP contribution in [0.4, 0.5) is 0 Å². The molecule has 0 amide bonds. The van der Waals surface area contributed by atoms with Gasteiger partial charge in [-0.2, -0.15) is 0 Å². The average molecular weight is 265 g/mol. The Balaban J connectivity index is 3.59. The summed E-state index contributed by atoms with van der Waals surface area (Å²) in [5.74, 6) is -0.0870. The Kier molecular flexibility index (Phi) is 4.56. The second-order valence-corrected chi connectivity index (χ2v) is 5.18. The van der Waals surface area contributed by atoms with E-state index in [4.69, 9.17) is 10.5 Å². The first-order valence-electron chi connectivity index (χ1n) is 6.68. The Morgan fingerprint density at radius 3 is 2.26 bits per heavy atom. The Morgan fingerprint density at radius 2 is 1.89 bits per heavy atom. The molecule has 1 rings (SSSR count). The summed E-state index contributed by atoms with van der Waals surface area (Å²) >= 11 is 0. The molecule has 4 heteroatoms. The lowest BCUT2D eigenvalue weighted by Crippen LogP contribution is -2.44. The zero-order valence-electron chi connectivity index (χ0n) is 12.4. The SMILES string of the molecule is CC[C@@H](C)C1=C(OC)C(=O)[C@@](C)(CC)C(=O)C1=CN. The van der Waals surface area contributed by atoms with Crippen molar-refractivity contribution in [3.8, 4) is 0 Å². The Bertz CT molecular complexity index is 462. The molecule has 0 aromatic rings. The van der Waals surface area contributed by atoms with E-state index in [-0.39, 0.29) is 23.2 Å². The van der Waals surface area contributed by atoms with Crippen LogP contribution in [-0.4, -0.2) is 18.7 Å². The number of methoxy groups -OCH3 is 1. The van der Waals surface area contributed by atoms with E-state index >= 15 is 0 Å². The molecule has 0 aromatic heterocycles. The fourth-order valence-corrected chi connectivity index (χ4v) is 2.40. The minimum Gasteiger partial charge on any atom is -0.493 e. The van der Waals surface area contributed by atoms with Gasteiger partial charge in [-0.3, -0.25) is 9.59 Å². The Morgan fingerprint density at radius 1 is 1.32 bits per heavy atom. The summed E-state index contributed by atoms with van der Waals surface area (Å²) in [5, 5.41) is 0. The maximum atomic E-state index is 12.6. The fourth-order valence-electron chi connectivity index (χ4n) is 2.40. The van der Waals surface area contributed by atoms with Crippen molar-refractivity contribution in [2.75, 3.05) is 7.11 Å². The zero-order chi connectivity index (χ0) is 14.8. The quantitative estimate of drug-likeness (QED) is 0.625. The van der Waals surface area contributed by atoms with Crippen LogP contribution in [0.1, 0.15) is 40.5 Å². The van der Waals surface area contributed by atoms with Crippen LogP contribution >= 0.6 is 0 Å². The van der Waals surface area contributed by atoms with Crippen LogP contribution in [0.15, 0.2) is 23.1 Å². The van der Waals surface area contributed by atoms with Crippen LogP contribution in [0.3, 0.4) is 0 Å². The van der Waals surface area contributed by atoms with E-state index in [0.717, 1.165) is 6.42 Å². The zero-order valence-corrected chi connectivity index (χ0v) is 12.4. The lowest BCUT2D eigenvalue weighted by atomic mass is 9.67. The lowest BCUT2D eigenvalue weighted by Gasteiger charge is -2.34. The molecule has 2 atom stereocenters. The van der Waals surface area contributed by atoms with E-state index in [0.29, 0.717) is 17.6 Å². The average Bonchev–Trinajstić information content (AvgIpc) is 2.43. The van der Waals surface area contributed by atoms with Crippen molar-refractivity contribution in [3.05, 3.63) is 23.1 Å². The predicted octanol–water partition coefficient (Wildman–Crippen LogP) is 2.34. The Hall–Kier alpha value is -1.58.